The first-order valence-electron chi connectivity index (χ1n) is 5.96. The van der Waals surface area contributed by atoms with Crippen molar-refractivity contribution in [1.29, 1.82) is 0 Å². The maximum absolute atomic E-state index is 11.7. The fourth-order valence-corrected chi connectivity index (χ4v) is 1.19. The summed E-state index contributed by atoms with van der Waals surface area (Å²) in [5, 5.41) is 0. The van der Waals surface area contributed by atoms with Crippen LogP contribution in [0, 0.1) is 17.8 Å². The average molecular weight is 264 g/mol. The summed E-state index contributed by atoms with van der Waals surface area (Å²) in [6.45, 7) is 5.63. The van der Waals surface area contributed by atoms with Crippen molar-refractivity contribution in [2.45, 2.75) is 26.9 Å². The van der Waals surface area contributed by atoms with Crippen molar-refractivity contribution in [2.24, 2.45) is 5.92 Å². The molecule has 19 heavy (non-hydrogen) atoms. The van der Waals surface area contributed by atoms with E-state index in [1.807, 2.05) is 13.8 Å². The van der Waals surface area contributed by atoms with E-state index in [1.165, 1.54) is 18.6 Å². The second-order valence-corrected chi connectivity index (χ2v) is 4.07. The Morgan fingerprint density at radius 2 is 2.16 bits per heavy atom. The monoisotopic (exact) mass is 264 g/mol. The number of furan rings is 1. The first-order valence-corrected chi connectivity index (χ1v) is 5.96. The third-order valence-corrected chi connectivity index (χ3v) is 2.19. The average Bonchev–Trinajstić information content (AvgIpc) is 2.88. The number of carbonyl (C=O) groups is 2. The number of carbonyl (C=O) groups excluding carboxylic acids is 2. The minimum atomic E-state index is -0.674. The highest BCUT2D eigenvalue weighted by Crippen LogP contribution is 2.10. The molecule has 0 aliphatic heterocycles. The van der Waals surface area contributed by atoms with Crippen molar-refractivity contribution in [1.82, 2.24) is 0 Å². The first kappa shape index (κ1) is 14.8. The fraction of sp³-hybridized carbons (Fsp3) is 0.429. The third kappa shape index (κ3) is 4.88. The van der Waals surface area contributed by atoms with Crippen molar-refractivity contribution in [2.75, 3.05) is 6.61 Å². The molecule has 0 aliphatic carbocycles. The van der Waals surface area contributed by atoms with E-state index in [4.69, 9.17) is 9.15 Å². The van der Waals surface area contributed by atoms with E-state index >= 15 is 0 Å². The molecule has 1 atom stereocenters. The van der Waals surface area contributed by atoms with Crippen molar-refractivity contribution >= 4 is 11.9 Å². The number of ether oxygens (including phenoxy) is 2. The molecule has 1 heterocycles. The Bertz CT molecular complexity index is 476. The Morgan fingerprint density at radius 1 is 1.42 bits per heavy atom. The maximum atomic E-state index is 11.7. The molecule has 5 heteroatoms. The molecule has 1 aromatic rings. The minimum Gasteiger partial charge on any atom is -0.472 e. The van der Waals surface area contributed by atoms with Gasteiger partial charge in [-0.3, -0.25) is 0 Å². The summed E-state index contributed by atoms with van der Waals surface area (Å²) in [5.41, 5.74) is 0.309. The molecule has 1 rings (SSSR count). The largest absolute Gasteiger partial charge is 0.472 e. The highest BCUT2D eigenvalue weighted by molar-refractivity contribution is 5.90. The van der Waals surface area contributed by atoms with E-state index < -0.39 is 18.0 Å². The van der Waals surface area contributed by atoms with Crippen LogP contribution in [0.15, 0.2) is 23.0 Å². The number of esters is 2. The lowest BCUT2D eigenvalue weighted by Crippen LogP contribution is -2.22. The smallest absolute Gasteiger partial charge is 0.384 e. The van der Waals surface area contributed by atoms with Gasteiger partial charge in [-0.05, 0) is 18.9 Å². The molecular weight excluding hydrogens is 248 g/mol. The summed E-state index contributed by atoms with van der Waals surface area (Å²) < 4.78 is 14.7. The lowest BCUT2D eigenvalue weighted by atomic mass is 10.1. The lowest BCUT2D eigenvalue weighted by molar-refractivity contribution is -0.136. The molecule has 0 bridgehead atoms. The van der Waals surface area contributed by atoms with Gasteiger partial charge in [-0.25, -0.2) is 9.59 Å². The SMILES string of the molecule is CCOC(=O)C#CC(OC(=O)c1ccoc1)C(C)C. The lowest BCUT2D eigenvalue weighted by Gasteiger charge is -2.14. The Morgan fingerprint density at radius 3 is 2.68 bits per heavy atom. The Labute approximate surface area is 111 Å². The highest BCUT2D eigenvalue weighted by Gasteiger charge is 2.18. The van der Waals surface area contributed by atoms with Gasteiger partial charge >= 0.3 is 11.9 Å². The molecule has 0 radical (unpaired) electrons. The van der Waals surface area contributed by atoms with E-state index in [0.717, 1.165) is 0 Å². The van der Waals surface area contributed by atoms with Crippen LogP contribution in [0.2, 0.25) is 0 Å². The van der Waals surface area contributed by atoms with Gasteiger partial charge in [0.05, 0.1) is 18.4 Å². The summed E-state index contributed by atoms with van der Waals surface area (Å²) in [5.74, 6) is 3.69. The van der Waals surface area contributed by atoms with Gasteiger partial charge in [0, 0.05) is 11.8 Å². The van der Waals surface area contributed by atoms with Crippen LogP contribution in [-0.2, 0) is 14.3 Å². The Kier molecular flexibility index (Phi) is 5.68. The van der Waals surface area contributed by atoms with Crippen LogP contribution in [0.25, 0.3) is 0 Å². The predicted octanol–water partition coefficient (Wildman–Crippen LogP) is 2.03. The summed E-state index contributed by atoms with van der Waals surface area (Å²) in [6, 6.07) is 1.50. The molecule has 5 nitrogen and oxygen atoms in total. The number of hydrogen-bond acceptors (Lipinski definition) is 5. The van der Waals surface area contributed by atoms with E-state index in [-0.39, 0.29) is 12.5 Å². The molecule has 0 amide bonds. The molecule has 0 fully saturated rings. The summed E-state index contributed by atoms with van der Waals surface area (Å²) in [6.07, 6.45) is 2.00. The van der Waals surface area contributed by atoms with Gasteiger partial charge in [-0.2, -0.15) is 0 Å². The van der Waals surface area contributed by atoms with Crippen LogP contribution in [0.3, 0.4) is 0 Å². The van der Waals surface area contributed by atoms with E-state index in [9.17, 15) is 9.59 Å². The van der Waals surface area contributed by atoms with Gasteiger partial charge in [-0.1, -0.05) is 13.8 Å². The molecule has 0 aliphatic rings. The molecule has 1 unspecified atom stereocenters. The van der Waals surface area contributed by atoms with Crippen LogP contribution < -0.4 is 0 Å². The van der Waals surface area contributed by atoms with E-state index in [1.54, 1.807) is 6.92 Å². The van der Waals surface area contributed by atoms with E-state index in [0.29, 0.717) is 5.56 Å². The van der Waals surface area contributed by atoms with Crippen LogP contribution in [0.4, 0.5) is 0 Å². The standard InChI is InChI=1S/C14H16O5/c1-4-18-13(15)6-5-12(10(2)3)19-14(16)11-7-8-17-9-11/h7-10,12H,4H2,1-3H3. The van der Waals surface area contributed by atoms with Crippen molar-refractivity contribution in [3.05, 3.63) is 24.2 Å². The summed E-state index contributed by atoms with van der Waals surface area (Å²) in [7, 11) is 0. The second kappa shape index (κ2) is 7.27. The summed E-state index contributed by atoms with van der Waals surface area (Å²) in [4.78, 5) is 22.9. The van der Waals surface area contributed by atoms with E-state index in [2.05, 4.69) is 16.6 Å². The van der Waals surface area contributed by atoms with Gasteiger partial charge in [0.2, 0.25) is 0 Å². The quantitative estimate of drug-likeness (QED) is 0.473. The van der Waals surface area contributed by atoms with Crippen LogP contribution in [0.5, 0.6) is 0 Å². The number of rotatable bonds is 4. The zero-order chi connectivity index (χ0) is 14.3. The molecule has 0 N–H and O–H groups in total. The molecule has 0 aromatic carbocycles. The third-order valence-electron chi connectivity index (χ3n) is 2.19. The minimum absolute atomic E-state index is 0.0437. The molecular formula is C14H16O5. The van der Waals surface area contributed by atoms with Gasteiger partial charge in [0.15, 0.2) is 6.10 Å². The molecule has 102 valence electrons. The van der Waals surface area contributed by atoms with Crippen molar-refractivity contribution in [3.8, 4) is 11.8 Å². The molecule has 0 saturated heterocycles. The van der Waals surface area contributed by atoms with Gasteiger partial charge in [-0.15, -0.1) is 0 Å². The molecule has 0 saturated carbocycles. The highest BCUT2D eigenvalue weighted by atomic mass is 16.5. The number of hydrogen-bond donors (Lipinski definition) is 0. The van der Waals surface area contributed by atoms with Gasteiger partial charge in [0.1, 0.15) is 6.26 Å². The first-order chi connectivity index (χ1) is 9.04. The van der Waals surface area contributed by atoms with Crippen LogP contribution in [0.1, 0.15) is 31.1 Å². The molecule has 0 spiro atoms. The van der Waals surface area contributed by atoms with Crippen molar-refractivity contribution < 1.29 is 23.5 Å². The predicted molar refractivity (Wildman–Crippen MR) is 67.2 cm³/mol. The molecule has 1 aromatic heterocycles. The van der Waals surface area contributed by atoms with Crippen LogP contribution >= 0.6 is 0 Å². The summed E-state index contributed by atoms with van der Waals surface area (Å²) >= 11 is 0. The van der Waals surface area contributed by atoms with Crippen LogP contribution in [-0.4, -0.2) is 24.6 Å². The Hall–Kier alpha value is -2.22. The second-order valence-electron chi connectivity index (χ2n) is 4.07. The topological polar surface area (TPSA) is 65.7 Å². The normalized spacial score (nSPS) is 11.4. The van der Waals surface area contributed by atoms with Crippen molar-refractivity contribution in [3.63, 3.8) is 0 Å². The van der Waals surface area contributed by atoms with Gasteiger partial charge < -0.3 is 13.9 Å². The zero-order valence-electron chi connectivity index (χ0n) is 11.1. The van der Waals surface area contributed by atoms with Gasteiger partial charge in [0.25, 0.3) is 0 Å². The zero-order valence-corrected chi connectivity index (χ0v) is 11.1. The Balaban J connectivity index is 2.68. The fourth-order valence-electron chi connectivity index (χ4n) is 1.19. The maximum Gasteiger partial charge on any atom is 0.384 e.